The van der Waals surface area contributed by atoms with Crippen LogP contribution in [0.15, 0.2) is 60.7 Å². The number of carboxylic acid groups (broad SMARTS) is 1. The molecule has 0 saturated heterocycles. The minimum atomic E-state index is -1.10. The molecule has 0 aliphatic carbocycles. The Hall–Kier alpha value is -3.15. The monoisotopic (exact) mass is 340 g/mol. The zero-order chi connectivity index (χ0) is 18.1. The number of hydrogen-bond donors (Lipinski definition) is 3. The van der Waals surface area contributed by atoms with Crippen LogP contribution in [-0.4, -0.2) is 35.5 Å². The van der Waals surface area contributed by atoms with Gasteiger partial charge in [0, 0.05) is 17.7 Å². The molecule has 0 aliphatic heterocycles. The van der Waals surface area contributed by atoms with Gasteiger partial charge in [-0.2, -0.15) is 0 Å². The van der Waals surface area contributed by atoms with E-state index in [1.54, 1.807) is 54.6 Å². The van der Waals surface area contributed by atoms with Gasteiger partial charge in [0.1, 0.15) is 6.04 Å². The molecule has 0 bridgehead atoms. The van der Waals surface area contributed by atoms with E-state index in [1.807, 2.05) is 6.07 Å². The number of nitrogens with one attached hydrogen (secondary N) is 2. The van der Waals surface area contributed by atoms with Crippen LogP contribution in [0.3, 0.4) is 0 Å². The van der Waals surface area contributed by atoms with Crippen LogP contribution in [0.4, 0.5) is 0 Å². The van der Waals surface area contributed by atoms with Crippen molar-refractivity contribution in [2.45, 2.75) is 18.9 Å². The van der Waals surface area contributed by atoms with E-state index < -0.39 is 17.9 Å². The third kappa shape index (κ3) is 5.76. The summed E-state index contributed by atoms with van der Waals surface area (Å²) in [7, 11) is 0. The average molecular weight is 340 g/mol. The van der Waals surface area contributed by atoms with Gasteiger partial charge in [0.25, 0.3) is 11.8 Å². The molecule has 2 amide bonds. The third-order valence-electron chi connectivity index (χ3n) is 3.63. The molecular formula is C19H20N2O4. The summed E-state index contributed by atoms with van der Waals surface area (Å²) in [6, 6.07) is 16.2. The molecule has 2 rings (SSSR count). The number of carboxylic acids is 1. The normalized spacial score (nSPS) is 11.4. The number of carbonyl (C=O) groups is 3. The first-order valence-electron chi connectivity index (χ1n) is 8.00. The van der Waals surface area contributed by atoms with E-state index in [0.717, 1.165) is 0 Å². The highest BCUT2D eigenvalue weighted by molar-refractivity contribution is 5.96. The summed E-state index contributed by atoms with van der Waals surface area (Å²) in [6.07, 6.45) is 0.660. The first-order valence-corrected chi connectivity index (χ1v) is 8.00. The summed E-state index contributed by atoms with van der Waals surface area (Å²) >= 11 is 0. The number of hydrogen-bond acceptors (Lipinski definition) is 3. The molecule has 1 atom stereocenters. The molecule has 25 heavy (non-hydrogen) atoms. The van der Waals surface area contributed by atoms with Crippen LogP contribution in [0, 0.1) is 0 Å². The summed E-state index contributed by atoms with van der Waals surface area (Å²) in [5, 5.41) is 14.5. The van der Waals surface area contributed by atoms with Crippen molar-refractivity contribution in [3.8, 4) is 0 Å². The molecule has 6 heteroatoms. The Balaban J connectivity index is 1.79. The lowest BCUT2D eigenvalue weighted by molar-refractivity contribution is -0.139. The summed E-state index contributed by atoms with van der Waals surface area (Å²) < 4.78 is 0. The molecule has 3 N–H and O–H groups in total. The third-order valence-corrected chi connectivity index (χ3v) is 3.63. The maximum atomic E-state index is 12.0. The molecule has 2 aromatic carbocycles. The van der Waals surface area contributed by atoms with Gasteiger partial charge in [0.15, 0.2) is 0 Å². The van der Waals surface area contributed by atoms with Gasteiger partial charge in [-0.1, -0.05) is 36.4 Å². The average Bonchev–Trinajstić information content (AvgIpc) is 2.65. The van der Waals surface area contributed by atoms with Crippen LogP contribution in [0.5, 0.6) is 0 Å². The minimum Gasteiger partial charge on any atom is -0.480 e. The predicted molar refractivity (Wildman–Crippen MR) is 93.3 cm³/mol. The van der Waals surface area contributed by atoms with Crippen molar-refractivity contribution in [1.82, 2.24) is 10.6 Å². The summed E-state index contributed by atoms with van der Waals surface area (Å²) in [5.74, 6) is -1.74. The smallest absolute Gasteiger partial charge is 0.326 e. The second-order valence-electron chi connectivity index (χ2n) is 5.49. The molecule has 0 saturated carbocycles. The number of amides is 2. The van der Waals surface area contributed by atoms with Gasteiger partial charge < -0.3 is 15.7 Å². The molecule has 0 fully saturated rings. The molecule has 0 aromatic heterocycles. The second kappa shape index (κ2) is 9.22. The van der Waals surface area contributed by atoms with Crippen LogP contribution >= 0.6 is 0 Å². The van der Waals surface area contributed by atoms with Crippen molar-refractivity contribution in [2.75, 3.05) is 6.54 Å². The second-order valence-corrected chi connectivity index (χ2v) is 5.49. The predicted octanol–water partition coefficient (Wildman–Crippen LogP) is 2.08. The van der Waals surface area contributed by atoms with Crippen LogP contribution in [0.1, 0.15) is 33.6 Å². The van der Waals surface area contributed by atoms with E-state index in [-0.39, 0.29) is 12.3 Å². The number of carbonyl (C=O) groups excluding carboxylic acids is 2. The lowest BCUT2D eigenvalue weighted by Crippen LogP contribution is -2.41. The van der Waals surface area contributed by atoms with Crippen LogP contribution < -0.4 is 10.6 Å². The van der Waals surface area contributed by atoms with Gasteiger partial charge in [0.2, 0.25) is 0 Å². The van der Waals surface area contributed by atoms with Crippen LogP contribution in [-0.2, 0) is 4.79 Å². The molecule has 6 nitrogen and oxygen atoms in total. The fraction of sp³-hybridized carbons (Fsp3) is 0.211. The maximum absolute atomic E-state index is 12.0. The van der Waals surface area contributed by atoms with Crippen molar-refractivity contribution in [3.05, 3.63) is 71.8 Å². The topological polar surface area (TPSA) is 95.5 Å². The fourth-order valence-corrected chi connectivity index (χ4v) is 2.29. The molecule has 0 heterocycles. The van der Waals surface area contributed by atoms with Gasteiger partial charge >= 0.3 is 5.97 Å². The Morgan fingerprint density at radius 3 is 1.88 bits per heavy atom. The van der Waals surface area contributed by atoms with Gasteiger partial charge in [-0.15, -0.1) is 0 Å². The van der Waals surface area contributed by atoms with Crippen LogP contribution in [0.2, 0.25) is 0 Å². The summed E-state index contributed by atoms with van der Waals surface area (Å²) in [4.78, 5) is 35.2. The molecule has 2 aromatic rings. The van der Waals surface area contributed by atoms with Gasteiger partial charge in [-0.3, -0.25) is 9.59 Å². The number of benzene rings is 2. The van der Waals surface area contributed by atoms with E-state index in [1.165, 1.54) is 0 Å². The van der Waals surface area contributed by atoms with Crippen LogP contribution in [0.25, 0.3) is 0 Å². The largest absolute Gasteiger partial charge is 0.480 e. The maximum Gasteiger partial charge on any atom is 0.326 e. The van der Waals surface area contributed by atoms with E-state index in [0.29, 0.717) is 24.1 Å². The minimum absolute atomic E-state index is 0.208. The number of aliphatic carboxylic acids is 1. The molecular weight excluding hydrogens is 320 g/mol. The molecule has 130 valence electrons. The highest BCUT2D eigenvalue weighted by Crippen LogP contribution is 2.03. The highest BCUT2D eigenvalue weighted by atomic mass is 16.4. The zero-order valence-corrected chi connectivity index (χ0v) is 13.6. The zero-order valence-electron chi connectivity index (χ0n) is 13.6. The standard InChI is InChI=1S/C19H20N2O4/c22-17(14-8-3-1-4-9-14)20-13-7-12-16(19(24)25)21-18(23)15-10-5-2-6-11-15/h1-6,8-11,16H,7,12-13H2,(H,20,22)(H,21,23)(H,24,25)/t16-/m0/s1. The molecule has 0 aliphatic rings. The Kier molecular flexibility index (Phi) is 6.71. The fourth-order valence-electron chi connectivity index (χ4n) is 2.29. The van der Waals surface area contributed by atoms with E-state index in [4.69, 9.17) is 0 Å². The lowest BCUT2D eigenvalue weighted by Gasteiger charge is -2.14. The Labute approximate surface area is 145 Å². The van der Waals surface area contributed by atoms with E-state index in [9.17, 15) is 19.5 Å². The first kappa shape index (κ1) is 18.2. The van der Waals surface area contributed by atoms with Crippen molar-refractivity contribution < 1.29 is 19.5 Å². The Morgan fingerprint density at radius 1 is 0.840 bits per heavy atom. The van der Waals surface area contributed by atoms with Gasteiger partial charge in [-0.25, -0.2) is 4.79 Å². The van der Waals surface area contributed by atoms with Crippen molar-refractivity contribution >= 4 is 17.8 Å². The summed E-state index contributed by atoms with van der Waals surface area (Å²) in [6.45, 7) is 0.332. The highest BCUT2D eigenvalue weighted by Gasteiger charge is 2.20. The van der Waals surface area contributed by atoms with E-state index >= 15 is 0 Å². The molecule has 0 unspecified atom stereocenters. The van der Waals surface area contributed by atoms with Crippen molar-refractivity contribution in [2.24, 2.45) is 0 Å². The summed E-state index contributed by atoms with van der Waals surface area (Å²) in [5.41, 5.74) is 0.959. The quantitative estimate of drug-likeness (QED) is 0.641. The Morgan fingerprint density at radius 2 is 1.36 bits per heavy atom. The first-order chi connectivity index (χ1) is 12.1. The van der Waals surface area contributed by atoms with Gasteiger partial charge in [-0.05, 0) is 37.1 Å². The number of rotatable bonds is 8. The van der Waals surface area contributed by atoms with E-state index in [2.05, 4.69) is 10.6 Å². The van der Waals surface area contributed by atoms with Crippen molar-refractivity contribution in [3.63, 3.8) is 0 Å². The lowest BCUT2D eigenvalue weighted by atomic mass is 10.1. The molecule has 0 radical (unpaired) electrons. The van der Waals surface area contributed by atoms with Crippen molar-refractivity contribution in [1.29, 1.82) is 0 Å². The SMILES string of the molecule is O=C(NCCC[C@H](NC(=O)c1ccccc1)C(=O)O)c1ccccc1. The Bertz CT molecular complexity index is 717. The van der Waals surface area contributed by atoms with Gasteiger partial charge in [0.05, 0.1) is 0 Å². The molecule has 0 spiro atoms.